The van der Waals surface area contributed by atoms with Gasteiger partial charge < -0.3 is 10.6 Å². The van der Waals surface area contributed by atoms with E-state index in [1.54, 1.807) is 6.92 Å². The van der Waals surface area contributed by atoms with Gasteiger partial charge in [-0.25, -0.2) is 4.98 Å². The molecule has 0 radical (unpaired) electrons. The number of aryl methyl sites for hydroxylation is 1. The fourth-order valence-electron chi connectivity index (χ4n) is 1.59. The summed E-state index contributed by atoms with van der Waals surface area (Å²) >= 11 is 0. The molecule has 110 valence electrons. The summed E-state index contributed by atoms with van der Waals surface area (Å²) in [5.41, 5.74) is 0.255. The molecule has 0 atom stereocenters. The van der Waals surface area contributed by atoms with Crippen molar-refractivity contribution in [1.82, 2.24) is 10.3 Å². The first kappa shape index (κ1) is 15.9. The summed E-state index contributed by atoms with van der Waals surface area (Å²) in [4.78, 5) is 26.0. The van der Waals surface area contributed by atoms with Crippen molar-refractivity contribution < 1.29 is 9.72 Å². The number of anilines is 1. The van der Waals surface area contributed by atoms with Crippen LogP contribution in [0.5, 0.6) is 0 Å². The molecule has 1 aromatic heterocycles. The van der Waals surface area contributed by atoms with Gasteiger partial charge >= 0.3 is 0 Å². The minimum atomic E-state index is -0.450. The molecule has 1 heterocycles. The molecular formula is C13H20N4O3. The third kappa shape index (κ3) is 5.21. The van der Waals surface area contributed by atoms with Crippen molar-refractivity contribution in [1.29, 1.82) is 0 Å². The van der Waals surface area contributed by atoms with Crippen LogP contribution in [0.2, 0.25) is 0 Å². The van der Waals surface area contributed by atoms with Crippen molar-refractivity contribution >= 4 is 17.4 Å². The van der Waals surface area contributed by atoms with Gasteiger partial charge in [0.2, 0.25) is 5.91 Å². The zero-order valence-corrected chi connectivity index (χ0v) is 12.2. The predicted molar refractivity (Wildman–Crippen MR) is 76.6 cm³/mol. The Morgan fingerprint density at radius 3 is 2.65 bits per heavy atom. The van der Waals surface area contributed by atoms with Crippen molar-refractivity contribution in [2.45, 2.75) is 39.7 Å². The third-order valence-corrected chi connectivity index (χ3v) is 2.44. The van der Waals surface area contributed by atoms with Gasteiger partial charge in [0.1, 0.15) is 5.82 Å². The van der Waals surface area contributed by atoms with Gasteiger partial charge in [-0.3, -0.25) is 14.9 Å². The molecule has 1 amide bonds. The van der Waals surface area contributed by atoms with Gasteiger partial charge in [0, 0.05) is 30.3 Å². The highest BCUT2D eigenvalue weighted by Crippen LogP contribution is 2.19. The summed E-state index contributed by atoms with van der Waals surface area (Å²) in [5.74, 6) is 0.317. The maximum Gasteiger partial charge on any atom is 0.277 e. The third-order valence-electron chi connectivity index (χ3n) is 2.44. The van der Waals surface area contributed by atoms with E-state index in [0.29, 0.717) is 17.9 Å². The fourth-order valence-corrected chi connectivity index (χ4v) is 1.59. The van der Waals surface area contributed by atoms with Crippen LogP contribution in [-0.2, 0) is 4.79 Å². The summed E-state index contributed by atoms with van der Waals surface area (Å²) in [6.45, 7) is 7.72. The Morgan fingerprint density at radius 2 is 2.10 bits per heavy atom. The van der Waals surface area contributed by atoms with Gasteiger partial charge in [-0.2, -0.15) is 0 Å². The molecule has 1 rings (SSSR count). The summed E-state index contributed by atoms with van der Waals surface area (Å²) < 4.78 is 0. The molecule has 0 aromatic carbocycles. The molecule has 7 heteroatoms. The molecule has 0 aliphatic rings. The average molecular weight is 280 g/mol. The topological polar surface area (TPSA) is 97.2 Å². The molecule has 0 bridgehead atoms. The first-order valence-corrected chi connectivity index (χ1v) is 6.35. The monoisotopic (exact) mass is 280 g/mol. The molecule has 20 heavy (non-hydrogen) atoms. The van der Waals surface area contributed by atoms with Crippen LogP contribution in [0.3, 0.4) is 0 Å². The van der Waals surface area contributed by atoms with Gasteiger partial charge in [0.05, 0.1) is 11.0 Å². The van der Waals surface area contributed by atoms with Gasteiger partial charge in [0.25, 0.3) is 5.69 Å². The smallest absolute Gasteiger partial charge is 0.277 e. The summed E-state index contributed by atoms with van der Waals surface area (Å²) in [7, 11) is 0. The number of carbonyl (C=O) groups is 1. The molecule has 0 aliphatic heterocycles. The van der Waals surface area contributed by atoms with Crippen molar-refractivity contribution in [3.8, 4) is 0 Å². The van der Waals surface area contributed by atoms with Crippen molar-refractivity contribution in [2.75, 3.05) is 11.9 Å². The maximum absolute atomic E-state index is 11.6. The molecule has 2 N–H and O–H groups in total. The average Bonchev–Trinajstić information content (AvgIpc) is 2.28. The number of carbonyl (C=O) groups excluding carboxylic acids is 1. The molecule has 0 unspecified atom stereocenters. The number of hydrogen-bond acceptors (Lipinski definition) is 5. The van der Waals surface area contributed by atoms with E-state index in [9.17, 15) is 14.9 Å². The maximum atomic E-state index is 11.6. The van der Waals surface area contributed by atoms with Crippen molar-refractivity contribution in [3.05, 3.63) is 27.9 Å². The van der Waals surface area contributed by atoms with E-state index in [1.807, 2.05) is 20.8 Å². The van der Waals surface area contributed by atoms with Crippen LogP contribution in [0, 0.1) is 17.0 Å². The van der Waals surface area contributed by atoms with Gasteiger partial charge in [-0.05, 0) is 27.7 Å². The van der Waals surface area contributed by atoms with E-state index in [2.05, 4.69) is 15.6 Å². The standard InChI is InChI=1S/C13H20N4O3/c1-9-8-15-11(7-10(9)17(19)20)14-6-5-12(18)16-13(2,3)4/h7-8H,5-6H2,1-4H3,(H,14,15)(H,16,18). The Labute approximate surface area is 117 Å². The predicted octanol–water partition coefficient (Wildman–Crippen LogP) is 2.01. The van der Waals surface area contributed by atoms with Crippen LogP contribution >= 0.6 is 0 Å². The number of rotatable bonds is 5. The number of pyridine rings is 1. The van der Waals surface area contributed by atoms with Crippen molar-refractivity contribution in [2.24, 2.45) is 0 Å². The number of nitrogens with zero attached hydrogens (tertiary/aromatic N) is 2. The van der Waals surface area contributed by atoms with E-state index < -0.39 is 4.92 Å². The number of nitro groups is 1. The lowest BCUT2D eigenvalue weighted by Crippen LogP contribution is -2.41. The molecular weight excluding hydrogens is 260 g/mol. The Bertz CT molecular complexity index is 509. The van der Waals surface area contributed by atoms with Crippen LogP contribution in [-0.4, -0.2) is 27.9 Å². The summed E-state index contributed by atoms with van der Waals surface area (Å²) in [6, 6.07) is 1.37. The second-order valence-corrected chi connectivity index (χ2v) is 5.59. The molecule has 0 fully saturated rings. The molecule has 7 nitrogen and oxygen atoms in total. The van der Waals surface area contributed by atoms with E-state index in [1.165, 1.54) is 12.3 Å². The van der Waals surface area contributed by atoms with Crippen LogP contribution in [0.4, 0.5) is 11.5 Å². The summed E-state index contributed by atoms with van der Waals surface area (Å²) in [5, 5.41) is 16.5. The number of amides is 1. The fraction of sp³-hybridized carbons (Fsp3) is 0.538. The lowest BCUT2D eigenvalue weighted by molar-refractivity contribution is -0.385. The first-order chi connectivity index (χ1) is 9.19. The number of aromatic nitrogens is 1. The zero-order chi connectivity index (χ0) is 15.3. The first-order valence-electron chi connectivity index (χ1n) is 6.35. The number of nitrogens with one attached hydrogen (secondary N) is 2. The molecule has 0 aliphatic carbocycles. The quantitative estimate of drug-likeness (QED) is 0.635. The highest BCUT2D eigenvalue weighted by atomic mass is 16.6. The summed E-state index contributed by atoms with van der Waals surface area (Å²) in [6.07, 6.45) is 1.72. The largest absolute Gasteiger partial charge is 0.369 e. The minimum Gasteiger partial charge on any atom is -0.369 e. The molecule has 0 saturated heterocycles. The van der Waals surface area contributed by atoms with Gasteiger partial charge in [0.15, 0.2) is 0 Å². The Balaban J connectivity index is 2.53. The van der Waals surface area contributed by atoms with Crippen LogP contribution in [0.25, 0.3) is 0 Å². The lowest BCUT2D eigenvalue weighted by atomic mass is 10.1. The van der Waals surface area contributed by atoms with Crippen molar-refractivity contribution in [3.63, 3.8) is 0 Å². The second-order valence-electron chi connectivity index (χ2n) is 5.59. The van der Waals surface area contributed by atoms with E-state index >= 15 is 0 Å². The normalized spacial score (nSPS) is 11.0. The second kappa shape index (κ2) is 6.31. The van der Waals surface area contributed by atoms with Gasteiger partial charge in [-0.1, -0.05) is 0 Å². The van der Waals surface area contributed by atoms with E-state index in [0.717, 1.165) is 0 Å². The van der Waals surface area contributed by atoms with Gasteiger partial charge in [-0.15, -0.1) is 0 Å². The minimum absolute atomic E-state index is 0.0154. The highest BCUT2D eigenvalue weighted by Gasteiger charge is 2.14. The Kier molecular flexibility index (Phi) is 5.01. The van der Waals surface area contributed by atoms with Crippen LogP contribution < -0.4 is 10.6 Å². The molecule has 1 aromatic rings. The molecule has 0 spiro atoms. The number of hydrogen-bond donors (Lipinski definition) is 2. The Hall–Kier alpha value is -2.18. The Morgan fingerprint density at radius 1 is 1.45 bits per heavy atom. The van der Waals surface area contributed by atoms with E-state index in [-0.39, 0.29) is 23.6 Å². The lowest BCUT2D eigenvalue weighted by Gasteiger charge is -2.20. The van der Waals surface area contributed by atoms with E-state index in [4.69, 9.17) is 0 Å². The van der Waals surface area contributed by atoms with Crippen LogP contribution in [0.1, 0.15) is 32.8 Å². The molecule has 0 saturated carbocycles. The zero-order valence-electron chi connectivity index (χ0n) is 12.2. The van der Waals surface area contributed by atoms with Crippen LogP contribution in [0.15, 0.2) is 12.3 Å². The highest BCUT2D eigenvalue weighted by molar-refractivity contribution is 5.77. The SMILES string of the molecule is Cc1cnc(NCCC(=O)NC(C)(C)C)cc1[N+](=O)[O-].